The Bertz CT molecular complexity index is 630. The van der Waals surface area contributed by atoms with E-state index in [9.17, 15) is 4.79 Å². The molecule has 0 aliphatic carbocycles. The number of methoxy groups -OCH3 is 1. The van der Waals surface area contributed by atoms with Gasteiger partial charge in [-0.2, -0.15) is 0 Å². The number of ether oxygens (including phenoxy) is 1. The van der Waals surface area contributed by atoms with Gasteiger partial charge in [0.15, 0.2) is 0 Å². The summed E-state index contributed by atoms with van der Waals surface area (Å²) in [7, 11) is 1.77. The van der Waals surface area contributed by atoms with Crippen LogP contribution in [0.2, 0.25) is 0 Å². The van der Waals surface area contributed by atoms with E-state index in [-0.39, 0.29) is 5.91 Å². The first kappa shape index (κ1) is 24.1. The molecule has 2 aromatic rings. The SMILES string of the molecule is COCCCCCCCCCCCC(=O)N(Cc1ccccc1)Cc1ccccc1. The number of carbonyl (C=O) groups excluding carboxylic acids is 1. The van der Waals surface area contributed by atoms with Gasteiger partial charge in [0.2, 0.25) is 5.91 Å². The summed E-state index contributed by atoms with van der Waals surface area (Å²) in [5.41, 5.74) is 2.37. The number of hydrogen-bond acceptors (Lipinski definition) is 2. The Morgan fingerprint density at radius 3 is 1.57 bits per heavy atom. The Labute approximate surface area is 183 Å². The second-order valence-electron chi connectivity index (χ2n) is 8.15. The Kier molecular flexibility index (Phi) is 12.6. The third-order valence-corrected chi connectivity index (χ3v) is 5.52. The molecule has 2 rings (SSSR count). The molecule has 2 aromatic carbocycles. The van der Waals surface area contributed by atoms with Crippen molar-refractivity contribution in [2.75, 3.05) is 13.7 Å². The fourth-order valence-corrected chi connectivity index (χ4v) is 3.76. The van der Waals surface area contributed by atoms with E-state index in [0.717, 1.165) is 19.4 Å². The monoisotopic (exact) mass is 409 g/mol. The lowest BCUT2D eigenvalue weighted by molar-refractivity contribution is -0.132. The van der Waals surface area contributed by atoms with Crippen LogP contribution in [-0.2, 0) is 22.6 Å². The number of carbonyl (C=O) groups is 1. The van der Waals surface area contributed by atoms with Crippen LogP contribution in [-0.4, -0.2) is 24.5 Å². The van der Waals surface area contributed by atoms with Crippen molar-refractivity contribution in [2.45, 2.75) is 77.3 Å². The van der Waals surface area contributed by atoms with Gasteiger partial charge in [-0.1, -0.05) is 106 Å². The van der Waals surface area contributed by atoms with Crippen molar-refractivity contribution in [2.24, 2.45) is 0 Å². The van der Waals surface area contributed by atoms with Crippen molar-refractivity contribution in [3.8, 4) is 0 Å². The smallest absolute Gasteiger partial charge is 0.223 e. The van der Waals surface area contributed by atoms with Crippen LogP contribution in [0.15, 0.2) is 60.7 Å². The van der Waals surface area contributed by atoms with Crippen LogP contribution >= 0.6 is 0 Å². The van der Waals surface area contributed by atoms with Gasteiger partial charge in [0, 0.05) is 33.2 Å². The lowest BCUT2D eigenvalue weighted by Gasteiger charge is -2.23. The van der Waals surface area contributed by atoms with Crippen LogP contribution in [0.4, 0.5) is 0 Å². The summed E-state index contributed by atoms with van der Waals surface area (Å²) < 4.78 is 5.09. The first-order valence-electron chi connectivity index (χ1n) is 11.6. The first-order valence-corrected chi connectivity index (χ1v) is 11.6. The molecular weight excluding hydrogens is 370 g/mol. The molecule has 0 atom stereocenters. The predicted molar refractivity (Wildman–Crippen MR) is 125 cm³/mol. The fraction of sp³-hybridized carbons (Fsp3) is 0.519. The van der Waals surface area contributed by atoms with Crippen LogP contribution in [0.1, 0.15) is 75.3 Å². The Hall–Kier alpha value is -2.13. The van der Waals surface area contributed by atoms with Gasteiger partial charge in [0.25, 0.3) is 0 Å². The maximum absolute atomic E-state index is 12.9. The number of hydrogen-bond donors (Lipinski definition) is 0. The van der Waals surface area contributed by atoms with Crippen molar-refractivity contribution < 1.29 is 9.53 Å². The number of benzene rings is 2. The van der Waals surface area contributed by atoms with E-state index in [1.807, 2.05) is 41.3 Å². The minimum Gasteiger partial charge on any atom is -0.385 e. The third kappa shape index (κ3) is 10.6. The molecule has 3 heteroatoms. The number of amides is 1. The molecule has 0 aliphatic rings. The van der Waals surface area contributed by atoms with Gasteiger partial charge in [0.05, 0.1) is 0 Å². The largest absolute Gasteiger partial charge is 0.385 e. The maximum Gasteiger partial charge on any atom is 0.223 e. The topological polar surface area (TPSA) is 29.5 Å². The van der Waals surface area contributed by atoms with Gasteiger partial charge in [-0.05, 0) is 24.0 Å². The molecule has 30 heavy (non-hydrogen) atoms. The molecule has 0 aromatic heterocycles. The zero-order valence-corrected chi connectivity index (χ0v) is 18.7. The molecule has 0 N–H and O–H groups in total. The van der Waals surface area contributed by atoms with Crippen molar-refractivity contribution in [3.05, 3.63) is 71.8 Å². The molecule has 1 amide bonds. The second-order valence-corrected chi connectivity index (χ2v) is 8.15. The maximum atomic E-state index is 12.9. The van der Waals surface area contributed by atoms with Crippen LogP contribution in [0.25, 0.3) is 0 Å². The molecule has 0 spiro atoms. The van der Waals surface area contributed by atoms with Gasteiger partial charge in [0.1, 0.15) is 0 Å². The summed E-state index contributed by atoms with van der Waals surface area (Å²) in [6.07, 6.45) is 11.7. The molecule has 164 valence electrons. The van der Waals surface area contributed by atoms with Crippen LogP contribution in [0.3, 0.4) is 0 Å². The normalized spacial score (nSPS) is 10.8. The standard InChI is InChI=1S/C27H39NO2/c1-30-22-16-8-6-4-2-3-5-7-15-21-27(29)28(23-25-17-11-9-12-18-25)24-26-19-13-10-14-20-26/h9-14,17-20H,2-8,15-16,21-24H2,1H3. The summed E-state index contributed by atoms with van der Waals surface area (Å²) in [5, 5.41) is 0. The molecule has 0 saturated heterocycles. The minimum atomic E-state index is 0.265. The summed E-state index contributed by atoms with van der Waals surface area (Å²) >= 11 is 0. The molecule has 0 heterocycles. The van der Waals surface area contributed by atoms with Crippen LogP contribution in [0.5, 0.6) is 0 Å². The molecule has 0 radical (unpaired) electrons. The third-order valence-electron chi connectivity index (χ3n) is 5.52. The van der Waals surface area contributed by atoms with Gasteiger partial charge >= 0.3 is 0 Å². The fourth-order valence-electron chi connectivity index (χ4n) is 3.76. The Morgan fingerprint density at radius 2 is 1.10 bits per heavy atom. The average Bonchev–Trinajstić information content (AvgIpc) is 2.78. The predicted octanol–water partition coefficient (Wildman–Crippen LogP) is 6.76. The highest BCUT2D eigenvalue weighted by atomic mass is 16.5. The molecule has 0 fully saturated rings. The highest BCUT2D eigenvalue weighted by Crippen LogP contribution is 2.15. The molecule has 3 nitrogen and oxygen atoms in total. The number of rotatable bonds is 16. The lowest BCUT2D eigenvalue weighted by Crippen LogP contribution is -2.29. The lowest BCUT2D eigenvalue weighted by atomic mass is 10.1. The molecule has 0 bridgehead atoms. The molecular formula is C27H39NO2. The van der Waals surface area contributed by atoms with E-state index < -0.39 is 0 Å². The highest BCUT2D eigenvalue weighted by molar-refractivity contribution is 5.76. The van der Waals surface area contributed by atoms with E-state index >= 15 is 0 Å². The highest BCUT2D eigenvalue weighted by Gasteiger charge is 2.14. The van der Waals surface area contributed by atoms with E-state index in [1.54, 1.807) is 7.11 Å². The van der Waals surface area contributed by atoms with E-state index in [2.05, 4.69) is 24.3 Å². The van der Waals surface area contributed by atoms with E-state index in [0.29, 0.717) is 19.5 Å². The van der Waals surface area contributed by atoms with Gasteiger partial charge < -0.3 is 9.64 Å². The average molecular weight is 410 g/mol. The Morgan fingerprint density at radius 1 is 0.667 bits per heavy atom. The zero-order chi connectivity index (χ0) is 21.3. The van der Waals surface area contributed by atoms with Crippen molar-refractivity contribution in [1.82, 2.24) is 4.90 Å². The number of nitrogens with zero attached hydrogens (tertiary/aromatic N) is 1. The summed E-state index contributed by atoms with van der Waals surface area (Å²) in [6, 6.07) is 20.6. The summed E-state index contributed by atoms with van der Waals surface area (Å²) in [5.74, 6) is 0.265. The first-order chi connectivity index (χ1) is 14.8. The van der Waals surface area contributed by atoms with Crippen molar-refractivity contribution >= 4 is 5.91 Å². The molecule has 0 saturated carbocycles. The minimum absolute atomic E-state index is 0.265. The summed E-state index contributed by atoms with van der Waals surface area (Å²) in [6.45, 7) is 2.24. The Balaban J connectivity index is 1.67. The van der Waals surface area contributed by atoms with E-state index in [1.165, 1.54) is 56.1 Å². The second kappa shape index (κ2) is 15.7. The molecule has 0 aliphatic heterocycles. The quantitative estimate of drug-likeness (QED) is 0.287. The van der Waals surface area contributed by atoms with Crippen molar-refractivity contribution in [3.63, 3.8) is 0 Å². The summed E-state index contributed by atoms with van der Waals surface area (Å²) in [4.78, 5) is 14.9. The number of unbranched alkanes of at least 4 members (excludes halogenated alkanes) is 8. The van der Waals surface area contributed by atoms with Crippen LogP contribution in [0, 0.1) is 0 Å². The van der Waals surface area contributed by atoms with Gasteiger partial charge in [-0.15, -0.1) is 0 Å². The van der Waals surface area contributed by atoms with E-state index in [4.69, 9.17) is 4.74 Å². The van der Waals surface area contributed by atoms with Crippen LogP contribution < -0.4 is 0 Å². The zero-order valence-electron chi connectivity index (χ0n) is 18.7. The van der Waals surface area contributed by atoms with Crippen molar-refractivity contribution in [1.29, 1.82) is 0 Å². The van der Waals surface area contributed by atoms with Gasteiger partial charge in [-0.3, -0.25) is 4.79 Å². The van der Waals surface area contributed by atoms with Gasteiger partial charge in [-0.25, -0.2) is 0 Å². The molecule has 0 unspecified atom stereocenters.